The van der Waals surface area contributed by atoms with Crippen molar-refractivity contribution in [3.05, 3.63) is 72.6 Å². The van der Waals surface area contributed by atoms with Crippen LogP contribution in [0.2, 0.25) is 0 Å². The highest BCUT2D eigenvalue weighted by Crippen LogP contribution is 2.22. The van der Waals surface area contributed by atoms with Crippen LogP contribution in [0.4, 0.5) is 11.6 Å². The van der Waals surface area contributed by atoms with Crippen molar-refractivity contribution < 1.29 is 9.53 Å². The van der Waals surface area contributed by atoms with Gasteiger partial charge in [0.15, 0.2) is 0 Å². The number of hydrogen-bond acceptors (Lipinski definition) is 5. The van der Waals surface area contributed by atoms with Crippen LogP contribution in [-0.4, -0.2) is 21.9 Å². The van der Waals surface area contributed by atoms with Gasteiger partial charge in [-0.2, -0.15) is 0 Å². The number of nitrogens with one attached hydrogen (secondary N) is 2. The fraction of sp³-hybridized carbons (Fsp3) is 0.150. The monoisotopic (exact) mass is 348 g/mol. The second-order valence-electron chi connectivity index (χ2n) is 5.99. The van der Waals surface area contributed by atoms with Gasteiger partial charge in [-0.1, -0.05) is 18.2 Å². The summed E-state index contributed by atoms with van der Waals surface area (Å²) in [6.45, 7) is 3.99. The van der Waals surface area contributed by atoms with Crippen molar-refractivity contribution in [1.82, 2.24) is 9.97 Å². The third-order valence-corrected chi connectivity index (χ3v) is 3.42. The molecule has 6 heteroatoms. The summed E-state index contributed by atoms with van der Waals surface area (Å²) in [6.07, 6.45) is 3.00. The minimum atomic E-state index is -0.266. The summed E-state index contributed by atoms with van der Waals surface area (Å²) in [7, 11) is 0. The summed E-state index contributed by atoms with van der Waals surface area (Å²) in [4.78, 5) is 20.6. The molecular weight excluding hydrogens is 328 g/mol. The van der Waals surface area contributed by atoms with Crippen LogP contribution in [0.5, 0.6) is 11.5 Å². The number of benzene rings is 2. The molecule has 0 aliphatic carbocycles. The minimum absolute atomic E-state index is 0.228. The zero-order chi connectivity index (χ0) is 18.4. The molecule has 0 bridgehead atoms. The Morgan fingerprint density at radius 1 is 0.923 bits per heavy atom. The maximum Gasteiger partial charge on any atom is 0.258 e. The summed E-state index contributed by atoms with van der Waals surface area (Å²) in [5, 5.41) is 5.89. The maximum atomic E-state index is 12.3. The molecule has 0 radical (unpaired) electrons. The van der Waals surface area contributed by atoms with E-state index in [1.165, 1.54) is 12.4 Å². The van der Waals surface area contributed by atoms with Gasteiger partial charge in [0, 0.05) is 24.1 Å². The summed E-state index contributed by atoms with van der Waals surface area (Å²) in [6, 6.07) is 16.9. The molecule has 3 aromatic rings. The highest BCUT2D eigenvalue weighted by Gasteiger charge is 2.08. The normalized spacial score (nSPS) is 10.4. The molecule has 0 spiro atoms. The molecule has 0 fully saturated rings. The largest absolute Gasteiger partial charge is 0.457 e. The van der Waals surface area contributed by atoms with Crippen molar-refractivity contribution in [2.75, 3.05) is 10.6 Å². The standard InChI is InChI=1S/C20H20N4O2/c1-14(2)23-20-21-12-15(13-22-20)19(25)24-16-8-10-18(11-9-16)26-17-6-4-3-5-7-17/h3-14H,1-2H3,(H,24,25)(H,21,22,23). The molecule has 0 saturated heterocycles. The van der Waals surface area contributed by atoms with Crippen molar-refractivity contribution in [2.45, 2.75) is 19.9 Å². The van der Waals surface area contributed by atoms with E-state index in [0.717, 1.165) is 5.75 Å². The number of ether oxygens (including phenoxy) is 1. The molecule has 1 amide bonds. The third kappa shape index (κ3) is 4.80. The maximum absolute atomic E-state index is 12.3. The SMILES string of the molecule is CC(C)Nc1ncc(C(=O)Nc2ccc(Oc3ccccc3)cc2)cn1. The number of anilines is 2. The molecule has 132 valence electrons. The highest BCUT2D eigenvalue weighted by molar-refractivity contribution is 6.03. The average molecular weight is 348 g/mol. The molecule has 6 nitrogen and oxygen atoms in total. The molecular formula is C20H20N4O2. The zero-order valence-electron chi connectivity index (χ0n) is 14.6. The van der Waals surface area contributed by atoms with Crippen molar-refractivity contribution in [1.29, 1.82) is 0 Å². The third-order valence-electron chi connectivity index (χ3n) is 3.42. The summed E-state index contributed by atoms with van der Waals surface area (Å²) < 4.78 is 5.73. The Hall–Kier alpha value is -3.41. The molecule has 26 heavy (non-hydrogen) atoms. The van der Waals surface area contributed by atoms with Gasteiger partial charge in [-0.25, -0.2) is 9.97 Å². The Kier molecular flexibility index (Phi) is 5.43. The Morgan fingerprint density at radius 2 is 1.54 bits per heavy atom. The second-order valence-corrected chi connectivity index (χ2v) is 5.99. The number of amides is 1. The van der Waals surface area contributed by atoms with E-state index in [2.05, 4.69) is 20.6 Å². The van der Waals surface area contributed by atoms with Gasteiger partial charge in [0.25, 0.3) is 5.91 Å². The van der Waals surface area contributed by atoms with E-state index in [4.69, 9.17) is 4.74 Å². The zero-order valence-corrected chi connectivity index (χ0v) is 14.6. The number of para-hydroxylation sites is 1. The van der Waals surface area contributed by atoms with Crippen LogP contribution in [0, 0.1) is 0 Å². The number of nitrogens with zero attached hydrogens (tertiary/aromatic N) is 2. The molecule has 3 rings (SSSR count). The van der Waals surface area contributed by atoms with E-state index in [1.54, 1.807) is 24.3 Å². The molecule has 0 aliphatic heterocycles. The quantitative estimate of drug-likeness (QED) is 0.693. The van der Waals surface area contributed by atoms with Gasteiger partial charge >= 0.3 is 0 Å². The van der Waals surface area contributed by atoms with Gasteiger partial charge in [0.2, 0.25) is 5.95 Å². The first-order valence-electron chi connectivity index (χ1n) is 8.33. The summed E-state index contributed by atoms with van der Waals surface area (Å²) in [5.41, 5.74) is 1.06. The first-order chi connectivity index (χ1) is 12.6. The second kappa shape index (κ2) is 8.11. The number of carbonyl (C=O) groups excluding carboxylic acids is 1. The number of carbonyl (C=O) groups is 1. The lowest BCUT2D eigenvalue weighted by atomic mass is 10.2. The first kappa shape index (κ1) is 17.4. The van der Waals surface area contributed by atoms with E-state index in [-0.39, 0.29) is 11.9 Å². The molecule has 0 aliphatic rings. The molecule has 0 saturated carbocycles. The number of rotatable bonds is 6. The smallest absolute Gasteiger partial charge is 0.258 e. The summed E-state index contributed by atoms with van der Waals surface area (Å²) >= 11 is 0. The van der Waals surface area contributed by atoms with Crippen LogP contribution < -0.4 is 15.4 Å². The van der Waals surface area contributed by atoms with Gasteiger partial charge in [-0.3, -0.25) is 4.79 Å². The molecule has 2 aromatic carbocycles. The van der Waals surface area contributed by atoms with E-state index in [0.29, 0.717) is 22.9 Å². The topological polar surface area (TPSA) is 76.1 Å². The lowest BCUT2D eigenvalue weighted by Gasteiger charge is -2.09. The number of aromatic nitrogens is 2. The first-order valence-corrected chi connectivity index (χ1v) is 8.33. The lowest BCUT2D eigenvalue weighted by molar-refractivity contribution is 0.102. The lowest BCUT2D eigenvalue weighted by Crippen LogP contribution is -2.15. The van der Waals surface area contributed by atoms with Crippen molar-refractivity contribution in [3.63, 3.8) is 0 Å². The van der Waals surface area contributed by atoms with Gasteiger partial charge in [0.1, 0.15) is 11.5 Å². The van der Waals surface area contributed by atoms with Gasteiger partial charge in [-0.15, -0.1) is 0 Å². The molecule has 1 aromatic heterocycles. The Bertz CT molecular complexity index is 847. The number of hydrogen-bond donors (Lipinski definition) is 2. The van der Waals surface area contributed by atoms with E-state index in [1.807, 2.05) is 44.2 Å². The molecule has 2 N–H and O–H groups in total. The van der Waals surface area contributed by atoms with Crippen molar-refractivity contribution in [2.24, 2.45) is 0 Å². The van der Waals surface area contributed by atoms with Crippen LogP contribution in [0.1, 0.15) is 24.2 Å². The predicted molar refractivity (Wildman–Crippen MR) is 102 cm³/mol. The van der Waals surface area contributed by atoms with Crippen LogP contribution in [0.3, 0.4) is 0 Å². The predicted octanol–water partition coefficient (Wildman–Crippen LogP) is 4.34. The van der Waals surface area contributed by atoms with Crippen molar-refractivity contribution in [3.8, 4) is 11.5 Å². The van der Waals surface area contributed by atoms with Crippen LogP contribution in [0.25, 0.3) is 0 Å². The highest BCUT2D eigenvalue weighted by atomic mass is 16.5. The van der Waals surface area contributed by atoms with Gasteiger partial charge in [-0.05, 0) is 50.2 Å². The van der Waals surface area contributed by atoms with Crippen LogP contribution in [0.15, 0.2) is 67.0 Å². The van der Waals surface area contributed by atoms with Crippen LogP contribution in [-0.2, 0) is 0 Å². The Balaban J connectivity index is 1.60. The minimum Gasteiger partial charge on any atom is -0.457 e. The van der Waals surface area contributed by atoms with Crippen molar-refractivity contribution >= 4 is 17.5 Å². The Morgan fingerprint density at radius 3 is 2.15 bits per heavy atom. The molecule has 0 atom stereocenters. The van der Waals surface area contributed by atoms with Crippen LogP contribution >= 0.6 is 0 Å². The Labute approximate surface area is 152 Å². The fourth-order valence-corrected chi connectivity index (χ4v) is 2.21. The molecule has 1 heterocycles. The summed E-state index contributed by atoms with van der Waals surface area (Å²) in [5.74, 6) is 1.69. The van der Waals surface area contributed by atoms with E-state index < -0.39 is 0 Å². The van der Waals surface area contributed by atoms with Gasteiger partial charge < -0.3 is 15.4 Å². The molecule has 0 unspecified atom stereocenters. The van der Waals surface area contributed by atoms with E-state index >= 15 is 0 Å². The fourth-order valence-electron chi connectivity index (χ4n) is 2.21. The van der Waals surface area contributed by atoms with E-state index in [9.17, 15) is 4.79 Å². The average Bonchev–Trinajstić information content (AvgIpc) is 2.64. The van der Waals surface area contributed by atoms with Gasteiger partial charge in [0.05, 0.1) is 5.56 Å².